The summed E-state index contributed by atoms with van der Waals surface area (Å²) in [4.78, 5) is 16.9. The number of benzene rings is 2. The molecule has 2 aromatic carbocycles. The van der Waals surface area contributed by atoms with Crippen LogP contribution in [0, 0.1) is 18.6 Å². The monoisotopic (exact) mass is 375 g/mol. The van der Waals surface area contributed by atoms with Gasteiger partial charge in [0.1, 0.15) is 0 Å². The van der Waals surface area contributed by atoms with Crippen molar-refractivity contribution < 1.29 is 13.6 Å². The summed E-state index contributed by atoms with van der Waals surface area (Å²) in [5.74, 6) is -1.61. The van der Waals surface area contributed by atoms with Gasteiger partial charge in [-0.05, 0) is 55.7 Å². The van der Waals surface area contributed by atoms with E-state index < -0.39 is 23.1 Å². The van der Waals surface area contributed by atoms with Gasteiger partial charge in [-0.25, -0.2) is 8.78 Å². The van der Waals surface area contributed by atoms with Crippen LogP contribution < -0.4 is 11.1 Å². The second kappa shape index (κ2) is 7.07. The SMILES string of the molecule is Cc1cc(C(=O)Nc2cccc(C3(C)CCSC(N)=N3)c2)cc(F)c1F. The Morgan fingerprint density at radius 3 is 2.77 bits per heavy atom. The number of rotatable bonds is 3. The zero-order valence-corrected chi connectivity index (χ0v) is 15.3. The molecule has 0 spiro atoms. The molecular formula is C19H19F2N3OS. The molecule has 0 aliphatic carbocycles. The second-order valence-corrected chi connectivity index (χ2v) is 7.56. The van der Waals surface area contributed by atoms with Gasteiger partial charge in [0.15, 0.2) is 16.8 Å². The number of anilines is 1. The highest BCUT2D eigenvalue weighted by Gasteiger charge is 2.29. The summed E-state index contributed by atoms with van der Waals surface area (Å²) in [6, 6.07) is 9.54. The fourth-order valence-electron chi connectivity index (χ4n) is 2.89. The Morgan fingerprint density at radius 2 is 2.08 bits per heavy atom. The molecule has 2 aromatic rings. The Bertz CT molecular complexity index is 877. The number of hydrogen-bond acceptors (Lipinski definition) is 4. The zero-order valence-electron chi connectivity index (χ0n) is 14.5. The Balaban J connectivity index is 1.85. The minimum Gasteiger partial charge on any atom is -0.379 e. The molecule has 1 unspecified atom stereocenters. The lowest BCUT2D eigenvalue weighted by Crippen LogP contribution is -2.28. The predicted molar refractivity (Wildman–Crippen MR) is 102 cm³/mol. The van der Waals surface area contributed by atoms with Crippen LogP contribution in [0.2, 0.25) is 0 Å². The van der Waals surface area contributed by atoms with Gasteiger partial charge in [-0.3, -0.25) is 9.79 Å². The Kier molecular flexibility index (Phi) is 5.00. The lowest BCUT2D eigenvalue weighted by atomic mass is 9.89. The zero-order chi connectivity index (χ0) is 18.9. The lowest BCUT2D eigenvalue weighted by Gasteiger charge is -2.30. The number of carbonyl (C=O) groups excluding carboxylic acids is 1. The number of aryl methyl sites for hydroxylation is 1. The van der Waals surface area contributed by atoms with Gasteiger partial charge in [0.25, 0.3) is 5.91 Å². The highest BCUT2D eigenvalue weighted by atomic mass is 32.2. The number of nitrogens with two attached hydrogens (primary N) is 1. The Hall–Kier alpha value is -2.41. The van der Waals surface area contributed by atoms with Crippen molar-refractivity contribution in [1.82, 2.24) is 0 Å². The van der Waals surface area contributed by atoms with Crippen LogP contribution in [-0.2, 0) is 5.54 Å². The van der Waals surface area contributed by atoms with Crippen molar-refractivity contribution in [3.8, 4) is 0 Å². The summed E-state index contributed by atoms with van der Waals surface area (Å²) in [7, 11) is 0. The minimum atomic E-state index is -1.04. The highest BCUT2D eigenvalue weighted by molar-refractivity contribution is 8.13. The molecule has 0 fully saturated rings. The number of carbonyl (C=O) groups is 1. The summed E-state index contributed by atoms with van der Waals surface area (Å²) < 4.78 is 27.0. The molecule has 3 rings (SSSR count). The first-order chi connectivity index (χ1) is 12.3. The van der Waals surface area contributed by atoms with Crippen molar-refractivity contribution in [1.29, 1.82) is 0 Å². The standard InChI is InChI=1S/C19H19F2N3OS/c1-11-8-12(9-15(20)16(11)21)17(25)23-14-5-3-4-13(10-14)19(2)6-7-26-18(22)24-19/h3-5,8-10H,6-7H2,1-2H3,(H2,22,24)(H,23,25). The van der Waals surface area contributed by atoms with E-state index in [1.54, 1.807) is 6.07 Å². The maximum atomic E-state index is 13.5. The molecule has 1 heterocycles. The molecular weight excluding hydrogens is 356 g/mol. The smallest absolute Gasteiger partial charge is 0.255 e. The summed E-state index contributed by atoms with van der Waals surface area (Å²) in [5.41, 5.74) is 7.05. The van der Waals surface area contributed by atoms with Crippen molar-refractivity contribution in [2.45, 2.75) is 25.8 Å². The lowest BCUT2D eigenvalue weighted by molar-refractivity contribution is 0.102. The summed E-state index contributed by atoms with van der Waals surface area (Å²) >= 11 is 1.52. The number of halogens is 2. The van der Waals surface area contributed by atoms with Gasteiger partial charge in [-0.15, -0.1) is 0 Å². The second-order valence-electron chi connectivity index (χ2n) is 6.45. The number of thioether (sulfide) groups is 1. The van der Waals surface area contributed by atoms with E-state index in [1.807, 2.05) is 25.1 Å². The third-order valence-electron chi connectivity index (χ3n) is 4.41. The number of nitrogens with zero attached hydrogens (tertiary/aromatic N) is 1. The van der Waals surface area contributed by atoms with Gasteiger partial charge >= 0.3 is 0 Å². The number of hydrogen-bond donors (Lipinski definition) is 2. The molecule has 1 atom stereocenters. The van der Waals surface area contributed by atoms with Crippen LogP contribution in [0.4, 0.5) is 14.5 Å². The van der Waals surface area contributed by atoms with E-state index in [2.05, 4.69) is 10.3 Å². The van der Waals surface area contributed by atoms with E-state index in [9.17, 15) is 13.6 Å². The third kappa shape index (κ3) is 3.72. The topological polar surface area (TPSA) is 67.5 Å². The molecule has 136 valence electrons. The van der Waals surface area contributed by atoms with Crippen LogP contribution in [0.5, 0.6) is 0 Å². The fraction of sp³-hybridized carbons (Fsp3) is 0.263. The van der Waals surface area contributed by atoms with Crippen LogP contribution >= 0.6 is 11.8 Å². The van der Waals surface area contributed by atoms with Crippen LogP contribution in [0.3, 0.4) is 0 Å². The molecule has 4 nitrogen and oxygen atoms in total. The number of nitrogens with one attached hydrogen (secondary N) is 1. The van der Waals surface area contributed by atoms with E-state index in [1.165, 1.54) is 24.8 Å². The van der Waals surface area contributed by atoms with E-state index in [0.717, 1.165) is 23.8 Å². The van der Waals surface area contributed by atoms with Crippen molar-refractivity contribution in [3.63, 3.8) is 0 Å². The van der Waals surface area contributed by atoms with Gasteiger partial charge in [0, 0.05) is 17.0 Å². The fourth-order valence-corrected chi connectivity index (χ4v) is 3.86. The largest absolute Gasteiger partial charge is 0.379 e. The van der Waals surface area contributed by atoms with Gasteiger partial charge < -0.3 is 11.1 Å². The molecule has 1 amide bonds. The van der Waals surface area contributed by atoms with Crippen molar-refractivity contribution in [3.05, 3.63) is 64.7 Å². The maximum Gasteiger partial charge on any atom is 0.255 e. The maximum absolute atomic E-state index is 13.5. The first kappa shape index (κ1) is 18.4. The van der Waals surface area contributed by atoms with Crippen LogP contribution in [-0.4, -0.2) is 16.8 Å². The number of amides is 1. The molecule has 0 aromatic heterocycles. The molecule has 1 aliphatic rings. The summed E-state index contributed by atoms with van der Waals surface area (Å²) in [6.07, 6.45) is 0.831. The molecule has 0 saturated heterocycles. The van der Waals surface area contributed by atoms with E-state index in [0.29, 0.717) is 10.9 Å². The van der Waals surface area contributed by atoms with Crippen molar-refractivity contribution >= 4 is 28.5 Å². The average Bonchev–Trinajstić information content (AvgIpc) is 2.59. The van der Waals surface area contributed by atoms with E-state index in [-0.39, 0.29) is 11.1 Å². The van der Waals surface area contributed by atoms with Gasteiger partial charge in [-0.1, -0.05) is 23.9 Å². The van der Waals surface area contributed by atoms with Crippen molar-refractivity contribution in [2.24, 2.45) is 10.7 Å². The minimum absolute atomic E-state index is 0.0642. The first-order valence-electron chi connectivity index (χ1n) is 8.14. The van der Waals surface area contributed by atoms with Gasteiger partial charge in [-0.2, -0.15) is 0 Å². The number of amidine groups is 1. The van der Waals surface area contributed by atoms with Crippen LogP contribution in [0.15, 0.2) is 41.4 Å². The van der Waals surface area contributed by atoms with E-state index in [4.69, 9.17) is 5.73 Å². The average molecular weight is 375 g/mol. The molecule has 7 heteroatoms. The normalized spacial score (nSPS) is 19.8. The molecule has 0 saturated carbocycles. The molecule has 0 radical (unpaired) electrons. The highest BCUT2D eigenvalue weighted by Crippen LogP contribution is 2.35. The molecule has 26 heavy (non-hydrogen) atoms. The Labute approximate surface area is 154 Å². The summed E-state index contributed by atoms with van der Waals surface area (Å²) in [6.45, 7) is 3.42. The quantitative estimate of drug-likeness (QED) is 0.845. The van der Waals surface area contributed by atoms with Gasteiger partial charge in [0.05, 0.1) is 5.54 Å². The van der Waals surface area contributed by atoms with E-state index >= 15 is 0 Å². The first-order valence-corrected chi connectivity index (χ1v) is 9.13. The van der Waals surface area contributed by atoms with Crippen molar-refractivity contribution in [2.75, 3.05) is 11.1 Å². The molecule has 0 bridgehead atoms. The molecule has 3 N–H and O–H groups in total. The van der Waals surface area contributed by atoms with Gasteiger partial charge in [0.2, 0.25) is 0 Å². The summed E-state index contributed by atoms with van der Waals surface area (Å²) in [5, 5.41) is 3.27. The molecule has 1 aliphatic heterocycles. The number of aliphatic imine (C=N–C) groups is 1. The van der Waals surface area contributed by atoms with Crippen LogP contribution in [0.25, 0.3) is 0 Å². The third-order valence-corrected chi connectivity index (χ3v) is 5.21. The predicted octanol–water partition coefficient (Wildman–Crippen LogP) is 4.19. The Morgan fingerprint density at radius 1 is 1.31 bits per heavy atom. The van der Waals surface area contributed by atoms with Crippen LogP contribution in [0.1, 0.15) is 34.8 Å².